The van der Waals surface area contributed by atoms with Gasteiger partial charge in [-0.2, -0.15) is 0 Å². The van der Waals surface area contributed by atoms with E-state index in [0.717, 1.165) is 0 Å². The van der Waals surface area contributed by atoms with Crippen LogP contribution in [0.2, 0.25) is 0 Å². The Hall–Kier alpha value is -1.63. The molecule has 0 spiro atoms. The molecule has 0 unspecified atom stereocenters. The topological polar surface area (TPSA) is 85.4 Å². The van der Waals surface area contributed by atoms with Crippen molar-refractivity contribution in [2.45, 2.75) is 25.8 Å². The Kier molecular flexibility index (Phi) is 4.59. The van der Waals surface area contributed by atoms with Gasteiger partial charge in [-0.1, -0.05) is 0 Å². The molecule has 6 nitrogen and oxygen atoms in total. The van der Waals surface area contributed by atoms with Crippen LogP contribution in [0.5, 0.6) is 0 Å². The number of rotatable bonds is 4. The molecule has 1 aliphatic heterocycles. The second-order valence-electron chi connectivity index (χ2n) is 4.72. The summed E-state index contributed by atoms with van der Waals surface area (Å²) in [6, 6.07) is 3.46. The number of carbonyl (C=O) groups excluding carboxylic acids is 1. The van der Waals surface area contributed by atoms with Gasteiger partial charge in [-0.25, -0.2) is 18.2 Å². The van der Waals surface area contributed by atoms with Crippen molar-refractivity contribution in [1.29, 1.82) is 0 Å². The van der Waals surface area contributed by atoms with Gasteiger partial charge in [-0.05, 0) is 31.9 Å². The Labute approximate surface area is 118 Å². The second-order valence-corrected chi connectivity index (χ2v) is 7.03. The van der Waals surface area contributed by atoms with Crippen LogP contribution in [0.4, 0.5) is 5.82 Å². The monoisotopic (exact) mass is 298 g/mol. The number of nitrogens with zero attached hydrogens (tertiary/aromatic N) is 1. The molecule has 7 heteroatoms. The summed E-state index contributed by atoms with van der Waals surface area (Å²) in [5, 5.41) is 3.19. The molecule has 0 aromatic carbocycles. The summed E-state index contributed by atoms with van der Waals surface area (Å²) in [6.45, 7) is 2.08. The van der Waals surface area contributed by atoms with Crippen molar-refractivity contribution in [1.82, 2.24) is 4.98 Å². The number of anilines is 1. The van der Waals surface area contributed by atoms with E-state index in [1.54, 1.807) is 19.1 Å². The highest BCUT2D eigenvalue weighted by molar-refractivity contribution is 7.91. The number of nitrogens with one attached hydrogen (secondary N) is 1. The first kappa shape index (κ1) is 14.8. The van der Waals surface area contributed by atoms with Crippen molar-refractivity contribution in [2.75, 3.05) is 23.4 Å². The molecule has 1 N–H and O–H groups in total. The Bertz CT molecular complexity index is 555. The molecule has 20 heavy (non-hydrogen) atoms. The molecular weight excluding hydrogens is 280 g/mol. The molecule has 0 aliphatic carbocycles. The zero-order valence-electron chi connectivity index (χ0n) is 11.3. The lowest BCUT2D eigenvalue weighted by molar-refractivity contribution is 0.0526. The Balaban J connectivity index is 1.93. The maximum atomic E-state index is 11.5. The van der Waals surface area contributed by atoms with E-state index in [4.69, 9.17) is 4.74 Å². The van der Waals surface area contributed by atoms with Crippen molar-refractivity contribution in [3.63, 3.8) is 0 Å². The molecular formula is C13H18N2O4S. The van der Waals surface area contributed by atoms with E-state index in [1.807, 2.05) is 0 Å². The van der Waals surface area contributed by atoms with Crippen LogP contribution < -0.4 is 5.32 Å². The van der Waals surface area contributed by atoms with Crippen LogP contribution in [0.25, 0.3) is 0 Å². The maximum Gasteiger partial charge on any atom is 0.339 e. The maximum absolute atomic E-state index is 11.5. The number of hydrogen-bond acceptors (Lipinski definition) is 6. The SMILES string of the molecule is CCOC(=O)c1ccc(NC2CCS(=O)(=O)CC2)nc1. The van der Waals surface area contributed by atoms with Crippen molar-refractivity contribution < 1.29 is 17.9 Å². The highest BCUT2D eigenvalue weighted by Gasteiger charge is 2.23. The minimum atomic E-state index is -2.85. The van der Waals surface area contributed by atoms with Gasteiger partial charge in [0.1, 0.15) is 15.7 Å². The number of hydrogen-bond donors (Lipinski definition) is 1. The standard InChI is InChI=1S/C13H18N2O4S/c1-2-19-13(16)10-3-4-12(14-9-10)15-11-5-7-20(17,18)8-6-11/h3-4,9,11H,2,5-8H2,1H3,(H,14,15). The first-order valence-electron chi connectivity index (χ1n) is 6.60. The van der Waals surface area contributed by atoms with E-state index < -0.39 is 15.8 Å². The zero-order chi connectivity index (χ0) is 14.6. The van der Waals surface area contributed by atoms with Crippen molar-refractivity contribution in [3.8, 4) is 0 Å². The van der Waals surface area contributed by atoms with E-state index in [-0.39, 0.29) is 17.5 Å². The van der Waals surface area contributed by atoms with E-state index in [2.05, 4.69) is 10.3 Å². The van der Waals surface area contributed by atoms with Crippen LogP contribution in [0.3, 0.4) is 0 Å². The van der Waals surface area contributed by atoms with Crippen LogP contribution in [0, 0.1) is 0 Å². The van der Waals surface area contributed by atoms with E-state index >= 15 is 0 Å². The number of pyridine rings is 1. The highest BCUT2D eigenvalue weighted by Crippen LogP contribution is 2.16. The zero-order valence-corrected chi connectivity index (χ0v) is 12.1. The fraction of sp³-hybridized carbons (Fsp3) is 0.538. The predicted molar refractivity (Wildman–Crippen MR) is 75.5 cm³/mol. The molecule has 1 aromatic heterocycles. The third-order valence-electron chi connectivity index (χ3n) is 3.18. The van der Waals surface area contributed by atoms with Gasteiger partial charge in [0.2, 0.25) is 0 Å². The van der Waals surface area contributed by atoms with Gasteiger partial charge in [0, 0.05) is 12.2 Å². The van der Waals surface area contributed by atoms with Crippen LogP contribution >= 0.6 is 0 Å². The molecule has 2 rings (SSSR count). The first-order chi connectivity index (χ1) is 9.50. The van der Waals surface area contributed by atoms with Gasteiger partial charge in [-0.15, -0.1) is 0 Å². The van der Waals surface area contributed by atoms with E-state index in [9.17, 15) is 13.2 Å². The molecule has 1 aromatic rings. The number of sulfone groups is 1. The van der Waals surface area contributed by atoms with Crippen molar-refractivity contribution >= 4 is 21.6 Å². The van der Waals surface area contributed by atoms with Gasteiger partial charge in [0.05, 0.1) is 23.7 Å². The minimum Gasteiger partial charge on any atom is -0.462 e. The summed E-state index contributed by atoms with van der Waals surface area (Å²) in [5.74, 6) is 0.676. The highest BCUT2D eigenvalue weighted by atomic mass is 32.2. The fourth-order valence-corrected chi connectivity index (χ4v) is 3.55. The smallest absolute Gasteiger partial charge is 0.339 e. The lowest BCUT2D eigenvalue weighted by Gasteiger charge is -2.23. The number of esters is 1. The van der Waals surface area contributed by atoms with Crippen molar-refractivity contribution in [3.05, 3.63) is 23.9 Å². The Morgan fingerprint density at radius 2 is 2.10 bits per heavy atom. The molecule has 1 fully saturated rings. The van der Waals surface area contributed by atoms with Gasteiger partial charge in [0.15, 0.2) is 0 Å². The van der Waals surface area contributed by atoms with Crippen LogP contribution in [0.15, 0.2) is 18.3 Å². The van der Waals surface area contributed by atoms with Gasteiger partial charge in [0.25, 0.3) is 0 Å². The third-order valence-corrected chi connectivity index (χ3v) is 4.90. The van der Waals surface area contributed by atoms with E-state index in [0.29, 0.717) is 30.8 Å². The Morgan fingerprint density at radius 3 is 2.65 bits per heavy atom. The molecule has 0 radical (unpaired) electrons. The van der Waals surface area contributed by atoms with Crippen LogP contribution in [-0.4, -0.2) is 43.5 Å². The summed E-state index contributed by atoms with van der Waals surface area (Å²) in [4.78, 5) is 15.6. The molecule has 1 saturated heterocycles. The van der Waals surface area contributed by atoms with Crippen LogP contribution in [0.1, 0.15) is 30.1 Å². The number of aromatic nitrogens is 1. The molecule has 1 aliphatic rings. The average Bonchev–Trinajstić information content (AvgIpc) is 2.42. The van der Waals surface area contributed by atoms with Gasteiger partial charge >= 0.3 is 5.97 Å². The molecule has 110 valence electrons. The third kappa shape index (κ3) is 3.93. The summed E-state index contributed by atoms with van der Waals surface area (Å²) >= 11 is 0. The molecule has 0 saturated carbocycles. The fourth-order valence-electron chi connectivity index (χ4n) is 2.06. The molecule has 2 heterocycles. The summed E-state index contributed by atoms with van der Waals surface area (Å²) < 4.78 is 27.5. The van der Waals surface area contributed by atoms with Crippen LogP contribution in [-0.2, 0) is 14.6 Å². The molecule has 0 atom stereocenters. The van der Waals surface area contributed by atoms with Crippen molar-refractivity contribution in [2.24, 2.45) is 0 Å². The average molecular weight is 298 g/mol. The van der Waals surface area contributed by atoms with Gasteiger partial charge < -0.3 is 10.1 Å². The largest absolute Gasteiger partial charge is 0.462 e. The summed E-state index contributed by atoms with van der Waals surface area (Å²) in [7, 11) is -2.85. The van der Waals surface area contributed by atoms with Gasteiger partial charge in [-0.3, -0.25) is 0 Å². The quantitative estimate of drug-likeness (QED) is 0.842. The number of ether oxygens (including phenoxy) is 1. The number of carbonyl (C=O) groups is 1. The predicted octanol–water partition coefficient (Wildman–Crippen LogP) is 1.25. The lowest BCUT2D eigenvalue weighted by Crippen LogP contribution is -2.32. The lowest BCUT2D eigenvalue weighted by atomic mass is 10.1. The summed E-state index contributed by atoms with van der Waals surface area (Å²) in [6.07, 6.45) is 2.63. The first-order valence-corrected chi connectivity index (χ1v) is 8.42. The minimum absolute atomic E-state index is 0.111. The summed E-state index contributed by atoms with van der Waals surface area (Å²) in [5.41, 5.74) is 0.406. The second kappa shape index (κ2) is 6.21. The normalized spacial score (nSPS) is 18.4. The Morgan fingerprint density at radius 1 is 1.40 bits per heavy atom. The molecule has 0 bridgehead atoms. The molecule has 0 amide bonds. The van der Waals surface area contributed by atoms with E-state index in [1.165, 1.54) is 6.20 Å².